The summed E-state index contributed by atoms with van der Waals surface area (Å²) < 4.78 is 0. The van der Waals surface area contributed by atoms with E-state index in [0.717, 1.165) is 32.0 Å². The van der Waals surface area contributed by atoms with Crippen molar-refractivity contribution >= 4 is 5.69 Å². The van der Waals surface area contributed by atoms with Crippen molar-refractivity contribution in [2.24, 2.45) is 0 Å². The number of aliphatic hydroxyl groups excluding tert-OH is 1. The molecule has 0 radical (unpaired) electrons. The van der Waals surface area contributed by atoms with Crippen LogP contribution in [0.4, 0.5) is 5.69 Å². The van der Waals surface area contributed by atoms with Crippen LogP contribution in [0.2, 0.25) is 0 Å². The van der Waals surface area contributed by atoms with Crippen LogP contribution in [0.1, 0.15) is 44.1 Å². The number of anilines is 1. The second-order valence-electron chi connectivity index (χ2n) is 6.14. The minimum Gasteiger partial charge on any atom is -0.396 e. The number of para-hydroxylation sites is 1. The van der Waals surface area contributed by atoms with Crippen LogP contribution < -0.4 is 10.2 Å². The summed E-state index contributed by atoms with van der Waals surface area (Å²) in [5, 5.41) is 12.7. The maximum atomic E-state index is 9.06. The molecule has 1 saturated heterocycles. The quantitative estimate of drug-likeness (QED) is 0.802. The zero-order chi connectivity index (χ0) is 13.8. The lowest BCUT2D eigenvalue weighted by Gasteiger charge is -2.29. The molecule has 110 valence electrons. The van der Waals surface area contributed by atoms with Gasteiger partial charge in [-0.05, 0) is 50.2 Å². The van der Waals surface area contributed by atoms with Gasteiger partial charge in [0, 0.05) is 37.5 Å². The summed E-state index contributed by atoms with van der Waals surface area (Å²) in [6, 6.07) is 10.2. The number of benzene rings is 1. The van der Waals surface area contributed by atoms with Crippen molar-refractivity contribution in [2.75, 3.05) is 18.1 Å². The molecular formula is C17H26N2O. The molecule has 1 aromatic rings. The highest BCUT2D eigenvalue weighted by molar-refractivity contribution is 5.55. The molecule has 3 heteroatoms. The standard InChI is InChI=1S/C17H26N2O/c20-12-4-7-16-6-3-11-19(16)17-8-2-1-5-14(17)13-18-15-9-10-15/h1-2,5,8,15-16,18,20H,3-4,6-7,9-13H2. The van der Waals surface area contributed by atoms with Crippen molar-refractivity contribution in [2.45, 2.75) is 57.2 Å². The van der Waals surface area contributed by atoms with Gasteiger partial charge in [-0.1, -0.05) is 18.2 Å². The van der Waals surface area contributed by atoms with Gasteiger partial charge >= 0.3 is 0 Å². The van der Waals surface area contributed by atoms with E-state index in [2.05, 4.69) is 34.5 Å². The van der Waals surface area contributed by atoms with Gasteiger partial charge in [0.05, 0.1) is 0 Å². The fourth-order valence-corrected chi connectivity index (χ4v) is 3.26. The van der Waals surface area contributed by atoms with Gasteiger partial charge in [0.15, 0.2) is 0 Å². The monoisotopic (exact) mass is 274 g/mol. The third kappa shape index (κ3) is 3.33. The first-order valence-electron chi connectivity index (χ1n) is 8.07. The van der Waals surface area contributed by atoms with Crippen LogP contribution in [-0.2, 0) is 6.54 Å². The Morgan fingerprint density at radius 2 is 2.05 bits per heavy atom. The summed E-state index contributed by atoms with van der Waals surface area (Å²) in [4.78, 5) is 2.57. The molecule has 2 fully saturated rings. The normalized spacial score (nSPS) is 22.4. The molecule has 0 amide bonds. The second kappa shape index (κ2) is 6.59. The first kappa shape index (κ1) is 13.9. The first-order chi connectivity index (χ1) is 9.88. The Kier molecular flexibility index (Phi) is 4.58. The molecule has 1 aliphatic carbocycles. The van der Waals surface area contributed by atoms with Crippen LogP contribution in [0.3, 0.4) is 0 Å². The average molecular weight is 274 g/mol. The third-order valence-corrected chi connectivity index (χ3v) is 4.53. The summed E-state index contributed by atoms with van der Waals surface area (Å²) in [6.07, 6.45) is 7.26. The van der Waals surface area contributed by atoms with Gasteiger partial charge in [-0.15, -0.1) is 0 Å². The smallest absolute Gasteiger partial charge is 0.0431 e. The van der Waals surface area contributed by atoms with Crippen LogP contribution in [-0.4, -0.2) is 30.3 Å². The van der Waals surface area contributed by atoms with Crippen LogP contribution in [0.5, 0.6) is 0 Å². The van der Waals surface area contributed by atoms with E-state index in [1.54, 1.807) is 0 Å². The van der Waals surface area contributed by atoms with Crippen LogP contribution in [0.25, 0.3) is 0 Å². The van der Waals surface area contributed by atoms with Gasteiger partial charge in [-0.3, -0.25) is 0 Å². The molecule has 2 N–H and O–H groups in total. The summed E-state index contributed by atoms with van der Waals surface area (Å²) >= 11 is 0. The molecule has 0 aromatic heterocycles. The van der Waals surface area contributed by atoms with E-state index in [1.807, 2.05) is 0 Å². The Balaban J connectivity index is 1.70. The molecule has 1 aliphatic heterocycles. The Morgan fingerprint density at radius 1 is 1.20 bits per heavy atom. The summed E-state index contributed by atoms with van der Waals surface area (Å²) in [5.74, 6) is 0. The molecule has 1 heterocycles. The van der Waals surface area contributed by atoms with E-state index in [1.165, 1.54) is 36.9 Å². The van der Waals surface area contributed by atoms with Crippen molar-refractivity contribution in [3.05, 3.63) is 29.8 Å². The van der Waals surface area contributed by atoms with Crippen LogP contribution in [0, 0.1) is 0 Å². The molecule has 20 heavy (non-hydrogen) atoms. The number of nitrogens with one attached hydrogen (secondary N) is 1. The van der Waals surface area contributed by atoms with Crippen molar-refractivity contribution < 1.29 is 5.11 Å². The number of nitrogens with zero attached hydrogens (tertiary/aromatic N) is 1. The molecule has 3 nitrogen and oxygen atoms in total. The Labute approximate surface area is 122 Å². The lowest BCUT2D eigenvalue weighted by atomic mass is 10.1. The molecular weight excluding hydrogens is 248 g/mol. The van der Waals surface area contributed by atoms with Crippen molar-refractivity contribution in [3.63, 3.8) is 0 Å². The van der Waals surface area contributed by atoms with E-state index < -0.39 is 0 Å². The zero-order valence-corrected chi connectivity index (χ0v) is 12.2. The largest absolute Gasteiger partial charge is 0.396 e. The van der Waals surface area contributed by atoms with Crippen molar-refractivity contribution in [1.29, 1.82) is 0 Å². The van der Waals surface area contributed by atoms with E-state index in [-0.39, 0.29) is 0 Å². The Bertz CT molecular complexity index is 431. The van der Waals surface area contributed by atoms with Gasteiger partial charge < -0.3 is 15.3 Å². The van der Waals surface area contributed by atoms with Crippen LogP contribution >= 0.6 is 0 Å². The number of hydrogen-bond acceptors (Lipinski definition) is 3. The lowest BCUT2D eigenvalue weighted by Crippen LogP contribution is -2.31. The van der Waals surface area contributed by atoms with Crippen molar-refractivity contribution in [1.82, 2.24) is 5.32 Å². The van der Waals surface area contributed by atoms with Gasteiger partial charge in [0.1, 0.15) is 0 Å². The number of aliphatic hydroxyl groups is 1. The molecule has 1 unspecified atom stereocenters. The van der Waals surface area contributed by atoms with E-state index in [9.17, 15) is 0 Å². The molecule has 1 aromatic carbocycles. The Hall–Kier alpha value is -1.06. The SMILES string of the molecule is OCCCC1CCCN1c1ccccc1CNC1CC1. The summed E-state index contributed by atoms with van der Waals surface area (Å²) in [7, 11) is 0. The molecule has 0 spiro atoms. The minimum absolute atomic E-state index is 0.315. The molecule has 3 rings (SSSR count). The second-order valence-corrected chi connectivity index (χ2v) is 6.14. The lowest BCUT2D eigenvalue weighted by molar-refractivity contribution is 0.279. The van der Waals surface area contributed by atoms with Gasteiger partial charge in [0.25, 0.3) is 0 Å². The molecule has 1 saturated carbocycles. The fraction of sp³-hybridized carbons (Fsp3) is 0.647. The molecule has 0 bridgehead atoms. The molecule has 1 atom stereocenters. The Morgan fingerprint density at radius 3 is 2.85 bits per heavy atom. The minimum atomic E-state index is 0.315. The van der Waals surface area contributed by atoms with Crippen LogP contribution in [0.15, 0.2) is 24.3 Å². The fourth-order valence-electron chi connectivity index (χ4n) is 3.26. The first-order valence-corrected chi connectivity index (χ1v) is 8.07. The summed E-state index contributed by atoms with van der Waals surface area (Å²) in [6.45, 7) is 2.47. The van der Waals surface area contributed by atoms with Crippen molar-refractivity contribution in [3.8, 4) is 0 Å². The van der Waals surface area contributed by atoms with Gasteiger partial charge in [-0.25, -0.2) is 0 Å². The predicted octanol–water partition coefficient (Wildman–Crippen LogP) is 2.68. The number of hydrogen-bond donors (Lipinski definition) is 2. The highest BCUT2D eigenvalue weighted by Gasteiger charge is 2.26. The van der Waals surface area contributed by atoms with E-state index in [4.69, 9.17) is 5.11 Å². The third-order valence-electron chi connectivity index (χ3n) is 4.53. The topological polar surface area (TPSA) is 35.5 Å². The average Bonchev–Trinajstić information content (AvgIpc) is 3.20. The maximum Gasteiger partial charge on any atom is 0.0431 e. The highest BCUT2D eigenvalue weighted by atomic mass is 16.2. The zero-order valence-electron chi connectivity index (χ0n) is 12.2. The van der Waals surface area contributed by atoms with Gasteiger partial charge in [0.2, 0.25) is 0 Å². The summed E-state index contributed by atoms with van der Waals surface area (Å²) in [5.41, 5.74) is 2.83. The number of rotatable bonds is 7. The molecule has 2 aliphatic rings. The van der Waals surface area contributed by atoms with E-state index in [0.29, 0.717) is 12.6 Å². The maximum absolute atomic E-state index is 9.06. The highest BCUT2D eigenvalue weighted by Crippen LogP contribution is 2.31. The predicted molar refractivity (Wildman–Crippen MR) is 83.0 cm³/mol. The van der Waals surface area contributed by atoms with E-state index >= 15 is 0 Å². The van der Waals surface area contributed by atoms with Gasteiger partial charge in [-0.2, -0.15) is 0 Å².